The molecular weight excluding hydrogens is 260 g/mol. The Labute approximate surface area is 115 Å². The average molecular weight is 282 g/mol. The van der Waals surface area contributed by atoms with Crippen molar-refractivity contribution in [3.63, 3.8) is 0 Å². The molecule has 1 aliphatic carbocycles. The van der Waals surface area contributed by atoms with Crippen molar-refractivity contribution in [1.82, 2.24) is 4.72 Å². The normalized spacial score (nSPS) is 18.6. The van der Waals surface area contributed by atoms with Crippen molar-refractivity contribution in [2.75, 3.05) is 12.3 Å². The smallest absolute Gasteiger partial charge is 0.240 e. The minimum atomic E-state index is -3.45. The van der Waals surface area contributed by atoms with Gasteiger partial charge >= 0.3 is 0 Å². The van der Waals surface area contributed by atoms with Crippen molar-refractivity contribution in [3.05, 3.63) is 24.3 Å². The van der Waals surface area contributed by atoms with Gasteiger partial charge in [0.2, 0.25) is 10.0 Å². The molecular formula is C14H22N2O2S. The number of anilines is 1. The Morgan fingerprint density at radius 1 is 1.32 bits per heavy atom. The van der Waals surface area contributed by atoms with E-state index in [9.17, 15) is 8.42 Å². The molecule has 1 aromatic carbocycles. The number of sulfonamides is 1. The third-order valence-corrected chi connectivity index (χ3v) is 5.62. The summed E-state index contributed by atoms with van der Waals surface area (Å²) in [4.78, 5) is 0.247. The molecule has 1 aromatic rings. The molecule has 0 saturated heterocycles. The Bertz CT molecular complexity index is 534. The van der Waals surface area contributed by atoms with Gasteiger partial charge < -0.3 is 5.73 Å². The van der Waals surface area contributed by atoms with Gasteiger partial charge in [-0.2, -0.15) is 0 Å². The van der Waals surface area contributed by atoms with Crippen molar-refractivity contribution in [3.8, 4) is 0 Å². The molecule has 0 atom stereocenters. The summed E-state index contributed by atoms with van der Waals surface area (Å²) in [6.45, 7) is 2.67. The second-order valence-corrected chi connectivity index (χ2v) is 7.22. The SMILES string of the molecule is CCC1(CNS(=O)(=O)c2cccc(N)c2)CCCC1. The van der Waals surface area contributed by atoms with Crippen molar-refractivity contribution >= 4 is 15.7 Å². The van der Waals surface area contributed by atoms with Gasteiger partial charge in [-0.05, 0) is 42.9 Å². The number of nitrogens with one attached hydrogen (secondary N) is 1. The summed E-state index contributed by atoms with van der Waals surface area (Å²) < 4.78 is 27.2. The zero-order valence-corrected chi connectivity index (χ0v) is 12.2. The van der Waals surface area contributed by atoms with Crippen LogP contribution in [0.25, 0.3) is 0 Å². The van der Waals surface area contributed by atoms with Crippen LogP contribution in [-0.4, -0.2) is 15.0 Å². The van der Waals surface area contributed by atoms with Crippen molar-refractivity contribution in [1.29, 1.82) is 0 Å². The average Bonchev–Trinajstić information content (AvgIpc) is 2.86. The number of hydrogen-bond donors (Lipinski definition) is 2. The van der Waals surface area contributed by atoms with Gasteiger partial charge in [0.25, 0.3) is 0 Å². The lowest BCUT2D eigenvalue weighted by Gasteiger charge is -2.27. The lowest BCUT2D eigenvalue weighted by Crippen LogP contribution is -2.35. The summed E-state index contributed by atoms with van der Waals surface area (Å²) >= 11 is 0. The zero-order valence-electron chi connectivity index (χ0n) is 11.4. The first-order chi connectivity index (χ1) is 8.97. The molecule has 0 aromatic heterocycles. The lowest BCUT2D eigenvalue weighted by atomic mass is 9.84. The van der Waals surface area contributed by atoms with E-state index in [1.54, 1.807) is 18.2 Å². The fourth-order valence-electron chi connectivity index (χ4n) is 2.79. The molecule has 106 valence electrons. The summed E-state index contributed by atoms with van der Waals surface area (Å²) in [7, 11) is -3.45. The number of rotatable bonds is 5. The molecule has 19 heavy (non-hydrogen) atoms. The molecule has 1 saturated carbocycles. The van der Waals surface area contributed by atoms with E-state index < -0.39 is 10.0 Å². The number of benzene rings is 1. The van der Waals surface area contributed by atoms with Gasteiger partial charge in [0, 0.05) is 12.2 Å². The third kappa shape index (κ3) is 3.28. The van der Waals surface area contributed by atoms with Gasteiger partial charge in [-0.1, -0.05) is 25.8 Å². The molecule has 5 heteroatoms. The first-order valence-electron chi connectivity index (χ1n) is 6.83. The fraction of sp³-hybridized carbons (Fsp3) is 0.571. The van der Waals surface area contributed by atoms with Crippen LogP contribution >= 0.6 is 0 Å². The van der Waals surface area contributed by atoms with Gasteiger partial charge in [-0.3, -0.25) is 0 Å². The largest absolute Gasteiger partial charge is 0.399 e. The molecule has 0 heterocycles. The highest BCUT2D eigenvalue weighted by Gasteiger charge is 2.33. The summed E-state index contributed by atoms with van der Waals surface area (Å²) in [5, 5.41) is 0. The Morgan fingerprint density at radius 2 is 2.00 bits per heavy atom. The maximum absolute atomic E-state index is 12.2. The van der Waals surface area contributed by atoms with E-state index in [-0.39, 0.29) is 10.3 Å². The van der Waals surface area contributed by atoms with Crippen LogP contribution in [0.4, 0.5) is 5.69 Å². The van der Waals surface area contributed by atoms with Crippen LogP contribution in [0.5, 0.6) is 0 Å². The minimum absolute atomic E-state index is 0.146. The Kier molecular flexibility index (Phi) is 4.16. The molecule has 2 rings (SSSR count). The second-order valence-electron chi connectivity index (χ2n) is 5.46. The number of hydrogen-bond acceptors (Lipinski definition) is 3. The van der Waals surface area contributed by atoms with Crippen LogP contribution in [0.1, 0.15) is 39.0 Å². The highest BCUT2D eigenvalue weighted by atomic mass is 32.2. The monoisotopic (exact) mass is 282 g/mol. The van der Waals surface area contributed by atoms with Crippen LogP contribution in [0, 0.1) is 5.41 Å². The van der Waals surface area contributed by atoms with Crippen LogP contribution < -0.4 is 10.5 Å². The number of nitrogen functional groups attached to an aromatic ring is 1. The van der Waals surface area contributed by atoms with E-state index in [0.717, 1.165) is 19.3 Å². The first-order valence-corrected chi connectivity index (χ1v) is 8.31. The van der Waals surface area contributed by atoms with Crippen molar-refractivity contribution in [2.45, 2.75) is 43.9 Å². The standard InChI is InChI=1S/C14H22N2O2S/c1-2-14(8-3-4-9-14)11-16-19(17,18)13-7-5-6-12(15)10-13/h5-7,10,16H,2-4,8-9,11,15H2,1H3. The van der Waals surface area contributed by atoms with E-state index in [0.29, 0.717) is 12.2 Å². The lowest BCUT2D eigenvalue weighted by molar-refractivity contribution is 0.285. The highest BCUT2D eigenvalue weighted by molar-refractivity contribution is 7.89. The summed E-state index contributed by atoms with van der Waals surface area (Å²) in [6.07, 6.45) is 5.65. The topological polar surface area (TPSA) is 72.2 Å². The Hall–Kier alpha value is -1.07. The van der Waals surface area contributed by atoms with E-state index >= 15 is 0 Å². The fourth-order valence-corrected chi connectivity index (χ4v) is 4.01. The van der Waals surface area contributed by atoms with E-state index in [1.807, 2.05) is 0 Å². The zero-order chi connectivity index (χ0) is 13.9. The quantitative estimate of drug-likeness (QED) is 0.815. The molecule has 0 unspecified atom stereocenters. The van der Waals surface area contributed by atoms with Crippen LogP contribution in [0.2, 0.25) is 0 Å². The molecule has 0 bridgehead atoms. The van der Waals surface area contributed by atoms with Crippen LogP contribution in [0.3, 0.4) is 0 Å². The minimum Gasteiger partial charge on any atom is -0.399 e. The molecule has 4 nitrogen and oxygen atoms in total. The van der Waals surface area contributed by atoms with Gasteiger partial charge in [-0.15, -0.1) is 0 Å². The number of nitrogens with two attached hydrogens (primary N) is 1. The third-order valence-electron chi connectivity index (χ3n) is 4.22. The molecule has 1 fully saturated rings. The van der Waals surface area contributed by atoms with Gasteiger partial charge in [0.05, 0.1) is 4.90 Å². The van der Waals surface area contributed by atoms with E-state index in [1.165, 1.54) is 18.9 Å². The summed E-state index contributed by atoms with van der Waals surface area (Å²) in [5.41, 5.74) is 6.25. The molecule has 0 radical (unpaired) electrons. The van der Waals surface area contributed by atoms with Crippen LogP contribution in [-0.2, 0) is 10.0 Å². The van der Waals surface area contributed by atoms with Crippen molar-refractivity contribution < 1.29 is 8.42 Å². The summed E-state index contributed by atoms with van der Waals surface area (Å²) in [6, 6.07) is 6.42. The van der Waals surface area contributed by atoms with Gasteiger partial charge in [0.15, 0.2) is 0 Å². The van der Waals surface area contributed by atoms with Crippen LogP contribution in [0.15, 0.2) is 29.2 Å². The molecule has 1 aliphatic rings. The van der Waals surface area contributed by atoms with Crippen molar-refractivity contribution in [2.24, 2.45) is 5.41 Å². The molecule has 3 N–H and O–H groups in total. The highest BCUT2D eigenvalue weighted by Crippen LogP contribution is 2.40. The Morgan fingerprint density at radius 3 is 2.58 bits per heavy atom. The second kappa shape index (κ2) is 5.51. The molecule has 0 aliphatic heterocycles. The van der Waals surface area contributed by atoms with E-state index in [2.05, 4.69) is 11.6 Å². The van der Waals surface area contributed by atoms with E-state index in [4.69, 9.17) is 5.73 Å². The predicted octanol–water partition coefficient (Wildman–Crippen LogP) is 2.52. The maximum atomic E-state index is 12.2. The predicted molar refractivity (Wildman–Crippen MR) is 77.2 cm³/mol. The van der Waals surface area contributed by atoms with Gasteiger partial charge in [-0.25, -0.2) is 13.1 Å². The molecule has 0 spiro atoms. The summed E-state index contributed by atoms with van der Waals surface area (Å²) in [5.74, 6) is 0. The Balaban J connectivity index is 2.09. The van der Waals surface area contributed by atoms with Gasteiger partial charge in [0.1, 0.15) is 0 Å². The maximum Gasteiger partial charge on any atom is 0.240 e. The molecule has 0 amide bonds. The first kappa shape index (κ1) is 14.3.